The third kappa shape index (κ3) is 9.91. The van der Waals surface area contributed by atoms with Gasteiger partial charge >= 0.3 is 19.5 Å². The van der Waals surface area contributed by atoms with Gasteiger partial charge < -0.3 is 18.5 Å². The summed E-state index contributed by atoms with van der Waals surface area (Å²) in [5.74, 6) is -3.21. The molecular formula is C29H33O10PS. The SMILES string of the molecule is COC(=O)[C@@H](C[C@@H](OS(=O)(=O)c1ccc(C)cc1)C(=O)OC)CP(=O)(OCc1ccccc1)OCc1ccccc1. The van der Waals surface area contributed by atoms with Crippen LogP contribution in [0.5, 0.6) is 0 Å². The largest absolute Gasteiger partial charge is 0.469 e. The van der Waals surface area contributed by atoms with Crippen LogP contribution in [0.15, 0.2) is 89.8 Å². The number of ether oxygens (including phenoxy) is 2. The third-order valence-corrected chi connectivity index (χ3v) is 9.30. The van der Waals surface area contributed by atoms with Crippen molar-refractivity contribution in [3.8, 4) is 0 Å². The Morgan fingerprint density at radius 1 is 0.756 bits per heavy atom. The van der Waals surface area contributed by atoms with Gasteiger partial charge in [-0.05, 0) is 36.6 Å². The summed E-state index contributed by atoms with van der Waals surface area (Å²) in [6, 6.07) is 23.7. The van der Waals surface area contributed by atoms with Gasteiger partial charge in [0.25, 0.3) is 10.1 Å². The van der Waals surface area contributed by atoms with Gasteiger partial charge in [0.1, 0.15) is 0 Å². The number of hydrogen-bond donors (Lipinski definition) is 0. The van der Waals surface area contributed by atoms with Gasteiger partial charge in [0, 0.05) is 0 Å². The summed E-state index contributed by atoms with van der Waals surface area (Å²) < 4.78 is 66.3. The molecule has 0 bridgehead atoms. The number of hydrogen-bond acceptors (Lipinski definition) is 10. The molecule has 0 N–H and O–H groups in total. The van der Waals surface area contributed by atoms with Gasteiger partial charge in [-0.1, -0.05) is 78.4 Å². The van der Waals surface area contributed by atoms with Crippen molar-refractivity contribution in [2.24, 2.45) is 5.92 Å². The van der Waals surface area contributed by atoms with Gasteiger partial charge in [-0.25, -0.2) is 4.79 Å². The van der Waals surface area contributed by atoms with Gasteiger partial charge in [-0.3, -0.25) is 13.5 Å². The molecule has 0 aromatic heterocycles. The predicted molar refractivity (Wildman–Crippen MR) is 150 cm³/mol. The zero-order chi connectivity index (χ0) is 29.9. The van der Waals surface area contributed by atoms with Gasteiger partial charge in [0.05, 0.1) is 44.4 Å². The summed E-state index contributed by atoms with van der Waals surface area (Å²) in [6.07, 6.45) is -2.79. The highest BCUT2D eigenvalue weighted by molar-refractivity contribution is 7.86. The molecule has 0 aliphatic rings. The first-order valence-corrected chi connectivity index (χ1v) is 15.8. The number of methoxy groups -OCH3 is 2. The van der Waals surface area contributed by atoms with Crippen LogP contribution in [0.25, 0.3) is 0 Å². The van der Waals surface area contributed by atoms with Crippen molar-refractivity contribution in [3.63, 3.8) is 0 Å². The van der Waals surface area contributed by atoms with Crippen LogP contribution in [0, 0.1) is 12.8 Å². The molecule has 2 atom stereocenters. The molecule has 0 saturated carbocycles. The van der Waals surface area contributed by atoms with Crippen LogP contribution in [-0.2, 0) is 60.2 Å². The van der Waals surface area contributed by atoms with Crippen molar-refractivity contribution in [2.45, 2.75) is 37.6 Å². The van der Waals surface area contributed by atoms with Crippen LogP contribution < -0.4 is 0 Å². The van der Waals surface area contributed by atoms with E-state index in [1.807, 2.05) is 12.1 Å². The molecule has 0 saturated heterocycles. The van der Waals surface area contributed by atoms with Gasteiger partial charge in [-0.2, -0.15) is 8.42 Å². The van der Waals surface area contributed by atoms with Gasteiger partial charge in [0.2, 0.25) is 0 Å². The molecular weight excluding hydrogens is 571 g/mol. The number of carbonyl (C=O) groups is 2. The predicted octanol–water partition coefficient (Wildman–Crippen LogP) is 5.05. The molecule has 3 aromatic rings. The van der Waals surface area contributed by atoms with Crippen molar-refractivity contribution in [1.82, 2.24) is 0 Å². The van der Waals surface area contributed by atoms with Crippen LogP contribution in [0.3, 0.4) is 0 Å². The third-order valence-electron chi connectivity index (χ3n) is 6.04. The summed E-state index contributed by atoms with van der Waals surface area (Å²) in [5, 5.41) is 0. The van der Waals surface area contributed by atoms with E-state index >= 15 is 0 Å². The number of carbonyl (C=O) groups excluding carboxylic acids is 2. The lowest BCUT2D eigenvalue weighted by molar-refractivity contribution is -0.152. The lowest BCUT2D eigenvalue weighted by Crippen LogP contribution is -2.34. The molecule has 12 heteroatoms. The molecule has 0 amide bonds. The molecule has 0 radical (unpaired) electrons. The molecule has 3 rings (SSSR count). The van der Waals surface area contributed by atoms with Gasteiger partial charge in [0.15, 0.2) is 6.10 Å². The minimum Gasteiger partial charge on any atom is -0.469 e. The second-order valence-electron chi connectivity index (χ2n) is 9.14. The Bertz CT molecular complexity index is 1380. The van der Waals surface area contributed by atoms with Crippen molar-refractivity contribution < 1.29 is 45.3 Å². The van der Waals surface area contributed by atoms with E-state index in [0.29, 0.717) is 11.1 Å². The van der Waals surface area contributed by atoms with Crippen molar-refractivity contribution >= 4 is 29.7 Å². The summed E-state index contributed by atoms with van der Waals surface area (Å²) >= 11 is 0. The maximum atomic E-state index is 14.0. The zero-order valence-electron chi connectivity index (χ0n) is 23.0. The molecule has 0 aliphatic carbocycles. The Labute approximate surface area is 240 Å². The minimum atomic E-state index is -4.43. The van der Waals surface area contributed by atoms with Crippen molar-refractivity contribution in [3.05, 3.63) is 102 Å². The average Bonchev–Trinajstić information content (AvgIpc) is 2.98. The Morgan fingerprint density at radius 2 is 1.24 bits per heavy atom. The zero-order valence-corrected chi connectivity index (χ0v) is 24.7. The summed E-state index contributed by atoms with van der Waals surface area (Å²) in [6.45, 7) is 1.62. The van der Waals surface area contributed by atoms with Crippen LogP contribution in [0.2, 0.25) is 0 Å². The minimum absolute atomic E-state index is 0.0838. The summed E-state index contributed by atoms with van der Waals surface area (Å²) in [4.78, 5) is 25.3. The van der Waals surface area contributed by atoms with E-state index in [9.17, 15) is 22.6 Å². The lowest BCUT2D eigenvalue weighted by Gasteiger charge is -2.25. The molecule has 0 unspecified atom stereocenters. The number of aryl methyl sites for hydroxylation is 1. The lowest BCUT2D eigenvalue weighted by atomic mass is 10.0. The number of benzene rings is 3. The molecule has 41 heavy (non-hydrogen) atoms. The first-order valence-electron chi connectivity index (χ1n) is 12.7. The van der Waals surface area contributed by atoms with Crippen molar-refractivity contribution in [1.29, 1.82) is 0 Å². The Morgan fingerprint density at radius 3 is 1.71 bits per heavy atom. The second-order valence-corrected chi connectivity index (χ2v) is 12.8. The molecule has 10 nitrogen and oxygen atoms in total. The van der Waals surface area contributed by atoms with Gasteiger partial charge in [-0.15, -0.1) is 0 Å². The molecule has 0 fully saturated rings. The van der Waals surface area contributed by atoms with E-state index in [2.05, 4.69) is 0 Å². The quantitative estimate of drug-likeness (QED) is 0.132. The number of rotatable bonds is 15. The van der Waals surface area contributed by atoms with E-state index in [1.165, 1.54) is 12.1 Å². The molecule has 3 aromatic carbocycles. The first-order chi connectivity index (χ1) is 19.5. The molecule has 220 valence electrons. The first kappa shape index (κ1) is 32.2. The summed E-state index contributed by atoms with van der Waals surface area (Å²) in [5.41, 5.74) is 2.25. The Balaban J connectivity index is 1.87. The van der Waals surface area contributed by atoms with Crippen LogP contribution in [0.4, 0.5) is 0 Å². The van der Waals surface area contributed by atoms with Crippen LogP contribution in [-0.4, -0.2) is 46.8 Å². The Hall–Kier alpha value is -3.34. The highest BCUT2D eigenvalue weighted by atomic mass is 32.2. The normalized spacial score (nSPS) is 13.2. The van der Waals surface area contributed by atoms with E-state index in [4.69, 9.17) is 22.7 Å². The number of esters is 2. The molecule has 0 aliphatic heterocycles. The maximum Gasteiger partial charge on any atom is 0.336 e. The molecule has 0 spiro atoms. The Kier molecular flexibility index (Phi) is 11.8. The van der Waals surface area contributed by atoms with Crippen LogP contribution in [0.1, 0.15) is 23.1 Å². The van der Waals surface area contributed by atoms with E-state index < -0.39 is 54.3 Å². The summed E-state index contributed by atoms with van der Waals surface area (Å²) in [7, 11) is -6.30. The van der Waals surface area contributed by atoms with E-state index in [1.54, 1.807) is 67.6 Å². The van der Waals surface area contributed by atoms with E-state index in [-0.39, 0.29) is 18.1 Å². The fourth-order valence-electron chi connectivity index (χ4n) is 3.80. The van der Waals surface area contributed by atoms with Crippen molar-refractivity contribution in [2.75, 3.05) is 20.4 Å². The molecule has 0 heterocycles. The standard InChI is InChI=1S/C29H33O10PS/c1-22-14-16-26(17-15-22)41(33,34)39-27(29(31)36-3)18-25(28(30)35-2)21-40(32,37-19-23-10-6-4-7-11-23)38-20-24-12-8-5-9-13-24/h4-17,25,27H,18-21H2,1-3H3/t25-,27+/m0/s1. The van der Waals surface area contributed by atoms with Crippen LogP contribution >= 0.6 is 7.60 Å². The fraction of sp³-hybridized carbons (Fsp3) is 0.310. The monoisotopic (exact) mass is 604 g/mol. The smallest absolute Gasteiger partial charge is 0.336 e. The highest BCUT2D eigenvalue weighted by Gasteiger charge is 2.39. The highest BCUT2D eigenvalue weighted by Crippen LogP contribution is 2.52. The average molecular weight is 605 g/mol. The van der Waals surface area contributed by atoms with E-state index in [0.717, 1.165) is 19.8 Å². The second kappa shape index (κ2) is 15.0. The maximum absolute atomic E-state index is 14.0. The fourth-order valence-corrected chi connectivity index (χ4v) is 6.66. The topological polar surface area (TPSA) is 132 Å².